The molecule has 0 saturated carbocycles. The summed E-state index contributed by atoms with van der Waals surface area (Å²) < 4.78 is 16.8. The van der Waals surface area contributed by atoms with E-state index in [4.69, 9.17) is 26.4 Å². The third kappa shape index (κ3) is 5.63. The van der Waals surface area contributed by atoms with Crippen LogP contribution in [0, 0.1) is 0 Å². The molecule has 2 aromatic carbocycles. The zero-order valence-corrected chi connectivity index (χ0v) is 15.9. The summed E-state index contributed by atoms with van der Waals surface area (Å²) in [6.07, 6.45) is 1.63. The lowest BCUT2D eigenvalue weighted by Gasteiger charge is -2.15. The van der Waals surface area contributed by atoms with E-state index >= 15 is 0 Å². The molecule has 0 amide bonds. The lowest BCUT2D eigenvalue weighted by Crippen LogP contribution is -2.31. The van der Waals surface area contributed by atoms with E-state index in [9.17, 15) is 0 Å². The highest BCUT2D eigenvalue weighted by Gasteiger charge is 2.14. The summed E-state index contributed by atoms with van der Waals surface area (Å²) in [4.78, 5) is 0. The first kappa shape index (κ1) is 19.5. The van der Waals surface area contributed by atoms with Crippen molar-refractivity contribution >= 4 is 23.5 Å². The van der Waals surface area contributed by atoms with Crippen LogP contribution in [0.4, 0.5) is 0 Å². The first-order valence-corrected chi connectivity index (χ1v) is 8.58. The van der Waals surface area contributed by atoms with Crippen molar-refractivity contribution in [3.8, 4) is 17.2 Å². The van der Waals surface area contributed by atoms with E-state index in [1.54, 1.807) is 20.4 Å². The Morgan fingerprint density at radius 1 is 1.12 bits per heavy atom. The second kappa shape index (κ2) is 10.2. The Labute approximate surface area is 159 Å². The fourth-order valence-corrected chi connectivity index (χ4v) is 2.41. The van der Waals surface area contributed by atoms with Gasteiger partial charge in [0.05, 0.1) is 20.4 Å². The van der Waals surface area contributed by atoms with E-state index in [2.05, 4.69) is 15.8 Å². The SMILES string of the molecule is CCNC(=S)N/N=C/c1cc(OC)c(OCc2ccccc2)c(OC)c1. The molecule has 0 aliphatic rings. The van der Waals surface area contributed by atoms with Gasteiger partial charge in [-0.1, -0.05) is 30.3 Å². The van der Waals surface area contributed by atoms with Gasteiger partial charge in [0.15, 0.2) is 16.6 Å². The molecule has 26 heavy (non-hydrogen) atoms. The molecule has 0 spiro atoms. The van der Waals surface area contributed by atoms with Crippen LogP contribution in [0.2, 0.25) is 0 Å². The fraction of sp³-hybridized carbons (Fsp3) is 0.263. The van der Waals surface area contributed by atoms with E-state index in [0.717, 1.165) is 17.7 Å². The highest BCUT2D eigenvalue weighted by atomic mass is 32.1. The first-order chi connectivity index (χ1) is 12.7. The minimum absolute atomic E-state index is 0.416. The number of nitrogens with zero attached hydrogens (tertiary/aromatic N) is 1. The average molecular weight is 373 g/mol. The number of thiocarbonyl (C=S) groups is 1. The van der Waals surface area contributed by atoms with E-state index in [1.807, 2.05) is 49.4 Å². The standard InChI is InChI=1S/C19H23N3O3S/c1-4-20-19(26)22-21-12-15-10-16(23-2)18(17(11-15)24-3)25-13-14-8-6-5-7-9-14/h5-12H,4,13H2,1-3H3,(H2,20,22,26)/b21-12+. The van der Waals surface area contributed by atoms with Crippen molar-refractivity contribution < 1.29 is 14.2 Å². The molecule has 0 bridgehead atoms. The molecular formula is C19H23N3O3S. The van der Waals surface area contributed by atoms with Gasteiger partial charge in [-0.3, -0.25) is 5.43 Å². The minimum Gasteiger partial charge on any atom is -0.493 e. The highest BCUT2D eigenvalue weighted by molar-refractivity contribution is 7.80. The van der Waals surface area contributed by atoms with Gasteiger partial charge in [0.2, 0.25) is 5.75 Å². The minimum atomic E-state index is 0.416. The second-order valence-electron chi connectivity index (χ2n) is 5.26. The maximum atomic E-state index is 5.92. The predicted molar refractivity (Wildman–Crippen MR) is 107 cm³/mol. The zero-order valence-electron chi connectivity index (χ0n) is 15.1. The van der Waals surface area contributed by atoms with Crippen molar-refractivity contribution in [2.75, 3.05) is 20.8 Å². The van der Waals surface area contributed by atoms with Crippen LogP contribution in [-0.4, -0.2) is 32.1 Å². The fourth-order valence-electron chi connectivity index (χ4n) is 2.21. The summed E-state index contributed by atoms with van der Waals surface area (Å²) in [5.74, 6) is 1.68. The average Bonchev–Trinajstić information content (AvgIpc) is 2.67. The van der Waals surface area contributed by atoms with Crippen molar-refractivity contribution in [3.63, 3.8) is 0 Å². The Morgan fingerprint density at radius 3 is 2.35 bits per heavy atom. The van der Waals surface area contributed by atoms with Gasteiger partial charge in [-0.25, -0.2) is 0 Å². The van der Waals surface area contributed by atoms with E-state index in [-0.39, 0.29) is 0 Å². The van der Waals surface area contributed by atoms with Crippen molar-refractivity contribution in [2.24, 2.45) is 5.10 Å². The van der Waals surface area contributed by atoms with Gasteiger partial charge in [-0.05, 0) is 36.8 Å². The molecule has 6 nitrogen and oxygen atoms in total. The van der Waals surface area contributed by atoms with Crippen LogP contribution < -0.4 is 25.0 Å². The maximum absolute atomic E-state index is 5.92. The van der Waals surface area contributed by atoms with Crippen molar-refractivity contribution in [1.82, 2.24) is 10.7 Å². The molecule has 2 N–H and O–H groups in total. The topological polar surface area (TPSA) is 64.1 Å². The number of rotatable bonds is 8. The number of benzene rings is 2. The van der Waals surface area contributed by atoms with Crippen LogP contribution >= 0.6 is 12.2 Å². The third-order valence-corrected chi connectivity index (χ3v) is 3.66. The van der Waals surface area contributed by atoms with Crippen molar-refractivity contribution in [2.45, 2.75) is 13.5 Å². The third-order valence-electron chi connectivity index (χ3n) is 3.43. The van der Waals surface area contributed by atoms with Crippen LogP contribution in [0.15, 0.2) is 47.6 Å². The molecule has 0 saturated heterocycles. The predicted octanol–water partition coefficient (Wildman–Crippen LogP) is 3.10. The highest BCUT2D eigenvalue weighted by Crippen LogP contribution is 2.38. The quantitative estimate of drug-likeness (QED) is 0.421. The first-order valence-electron chi connectivity index (χ1n) is 8.17. The van der Waals surface area contributed by atoms with E-state index in [0.29, 0.717) is 29.0 Å². The van der Waals surface area contributed by atoms with Crippen LogP contribution in [0.1, 0.15) is 18.1 Å². The van der Waals surface area contributed by atoms with Gasteiger partial charge in [0.1, 0.15) is 6.61 Å². The molecule has 0 unspecified atom stereocenters. The largest absolute Gasteiger partial charge is 0.493 e. The summed E-state index contributed by atoms with van der Waals surface area (Å²) in [5.41, 5.74) is 4.59. The normalized spacial score (nSPS) is 10.4. The maximum Gasteiger partial charge on any atom is 0.203 e. The van der Waals surface area contributed by atoms with Gasteiger partial charge in [-0.15, -0.1) is 0 Å². The van der Waals surface area contributed by atoms with Crippen LogP contribution in [-0.2, 0) is 6.61 Å². The van der Waals surface area contributed by atoms with Gasteiger partial charge in [0.25, 0.3) is 0 Å². The van der Waals surface area contributed by atoms with Crippen LogP contribution in [0.25, 0.3) is 0 Å². The number of methoxy groups -OCH3 is 2. The second-order valence-corrected chi connectivity index (χ2v) is 5.67. The lowest BCUT2D eigenvalue weighted by atomic mass is 10.2. The Hall–Kier alpha value is -2.80. The van der Waals surface area contributed by atoms with Crippen molar-refractivity contribution in [3.05, 3.63) is 53.6 Å². The van der Waals surface area contributed by atoms with Gasteiger partial charge in [0, 0.05) is 12.1 Å². The number of hydrazone groups is 1. The Balaban J connectivity index is 2.16. The molecule has 2 rings (SSSR count). The molecule has 7 heteroatoms. The summed E-state index contributed by atoms with van der Waals surface area (Å²) in [5, 5.41) is 7.52. The zero-order chi connectivity index (χ0) is 18.8. The number of hydrogen-bond donors (Lipinski definition) is 2. The molecule has 2 aromatic rings. The number of nitrogens with one attached hydrogen (secondary N) is 2. The van der Waals surface area contributed by atoms with Gasteiger partial charge < -0.3 is 19.5 Å². The Kier molecular flexibility index (Phi) is 7.70. The Bertz CT molecular complexity index is 726. The molecular weight excluding hydrogens is 350 g/mol. The lowest BCUT2D eigenvalue weighted by molar-refractivity contribution is 0.266. The summed E-state index contributed by atoms with van der Waals surface area (Å²) in [6.45, 7) is 3.11. The molecule has 0 aliphatic heterocycles. The molecule has 138 valence electrons. The summed E-state index contributed by atoms with van der Waals surface area (Å²) >= 11 is 5.06. The molecule has 0 aromatic heterocycles. The Morgan fingerprint density at radius 2 is 1.77 bits per heavy atom. The van der Waals surface area contributed by atoms with E-state index in [1.165, 1.54) is 0 Å². The number of hydrogen-bond acceptors (Lipinski definition) is 5. The summed E-state index contributed by atoms with van der Waals surface area (Å²) in [6, 6.07) is 13.6. The molecule has 0 heterocycles. The van der Waals surface area contributed by atoms with Crippen LogP contribution in [0.5, 0.6) is 17.2 Å². The van der Waals surface area contributed by atoms with Crippen LogP contribution in [0.3, 0.4) is 0 Å². The smallest absolute Gasteiger partial charge is 0.203 e. The molecule has 0 fully saturated rings. The molecule has 0 aliphatic carbocycles. The monoisotopic (exact) mass is 373 g/mol. The number of ether oxygens (including phenoxy) is 3. The molecule has 0 atom stereocenters. The molecule has 0 radical (unpaired) electrons. The van der Waals surface area contributed by atoms with Gasteiger partial charge in [-0.2, -0.15) is 5.10 Å². The summed E-state index contributed by atoms with van der Waals surface area (Å²) in [7, 11) is 3.17. The van der Waals surface area contributed by atoms with E-state index < -0.39 is 0 Å². The van der Waals surface area contributed by atoms with Gasteiger partial charge >= 0.3 is 0 Å². The van der Waals surface area contributed by atoms with Crippen molar-refractivity contribution in [1.29, 1.82) is 0 Å².